The van der Waals surface area contributed by atoms with Crippen molar-refractivity contribution in [2.24, 2.45) is 11.1 Å². The van der Waals surface area contributed by atoms with Crippen molar-refractivity contribution in [2.75, 3.05) is 7.11 Å². The number of esters is 1. The van der Waals surface area contributed by atoms with Gasteiger partial charge in [-0.3, -0.25) is 0 Å². The molecule has 1 atom stereocenters. The maximum atomic E-state index is 11.6. The summed E-state index contributed by atoms with van der Waals surface area (Å²) in [6, 6.07) is 7.12. The number of hydrogen-bond donors (Lipinski definition) is 1. The molecule has 0 fully saturated rings. The van der Waals surface area contributed by atoms with Crippen molar-refractivity contribution in [3.63, 3.8) is 0 Å². The third-order valence-corrected chi connectivity index (χ3v) is 2.63. The molecule has 1 rings (SSSR count). The van der Waals surface area contributed by atoms with Crippen LogP contribution in [0.4, 0.5) is 0 Å². The number of hydrogen-bond acceptors (Lipinski definition) is 3. The second-order valence-electron chi connectivity index (χ2n) is 4.92. The van der Waals surface area contributed by atoms with Crippen LogP contribution >= 0.6 is 0 Å². The molecule has 2 N–H and O–H groups in total. The highest BCUT2D eigenvalue weighted by Gasteiger charge is 2.26. The van der Waals surface area contributed by atoms with E-state index in [4.69, 9.17) is 10.5 Å². The summed E-state index contributed by atoms with van der Waals surface area (Å²) in [6.07, 6.45) is 0. The van der Waals surface area contributed by atoms with Crippen LogP contribution in [-0.2, 0) is 4.74 Å². The molecule has 0 saturated carbocycles. The fraction of sp³-hybridized carbons (Fsp3) is 0.462. The molecule has 0 aliphatic rings. The minimum atomic E-state index is -0.338. The van der Waals surface area contributed by atoms with Crippen molar-refractivity contribution in [3.05, 3.63) is 35.4 Å². The molecule has 0 saturated heterocycles. The van der Waals surface area contributed by atoms with Crippen LogP contribution in [0.25, 0.3) is 0 Å². The molecule has 0 spiro atoms. The first-order chi connectivity index (χ1) is 7.38. The van der Waals surface area contributed by atoms with Gasteiger partial charge < -0.3 is 10.5 Å². The van der Waals surface area contributed by atoms with Gasteiger partial charge in [0.1, 0.15) is 0 Å². The molecule has 88 valence electrons. The summed E-state index contributed by atoms with van der Waals surface area (Å²) in [7, 11) is 1.38. The van der Waals surface area contributed by atoms with Crippen molar-refractivity contribution in [3.8, 4) is 0 Å². The molecule has 3 nitrogen and oxygen atoms in total. The second kappa shape index (κ2) is 4.66. The summed E-state index contributed by atoms with van der Waals surface area (Å²) >= 11 is 0. The molecule has 0 unspecified atom stereocenters. The van der Waals surface area contributed by atoms with E-state index in [0.717, 1.165) is 5.56 Å². The van der Waals surface area contributed by atoms with Crippen molar-refractivity contribution >= 4 is 5.97 Å². The van der Waals surface area contributed by atoms with Crippen LogP contribution in [0.1, 0.15) is 42.7 Å². The minimum Gasteiger partial charge on any atom is -0.465 e. The average Bonchev–Trinajstić information content (AvgIpc) is 2.25. The van der Waals surface area contributed by atoms with Gasteiger partial charge in [0, 0.05) is 6.04 Å². The predicted octanol–water partition coefficient (Wildman–Crippen LogP) is 2.52. The highest BCUT2D eigenvalue weighted by molar-refractivity contribution is 5.91. The average molecular weight is 221 g/mol. The third kappa shape index (κ3) is 2.61. The summed E-state index contributed by atoms with van der Waals surface area (Å²) in [6.45, 7) is 6.14. The van der Waals surface area contributed by atoms with E-state index < -0.39 is 0 Å². The lowest BCUT2D eigenvalue weighted by Gasteiger charge is -2.28. The molecule has 0 aliphatic heterocycles. The van der Waals surface area contributed by atoms with Crippen molar-refractivity contribution in [2.45, 2.75) is 26.8 Å². The SMILES string of the molecule is COC(=O)c1ccccc1[C@H](N)C(C)(C)C. The van der Waals surface area contributed by atoms with Gasteiger partial charge in [-0.1, -0.05) is 39.0 Å². The van der Waals surface area contributed by atoms with Gasteiger partial charge in [-0.2, -0.15) is 0 Å². The number of carbonyl (C=O) groups excluding carboxylic acids is 1. The molecule has 16 heavy (non-hydrogen) atoms. The number of nitrogens with two attached hydrogens (primary N) is 1. The number of ether oxygens (including phenoxy) is 1. The molecule has 0 aromatic heterocycles. The first-order valence-corrected chi connectivity index (χ1v) is 5.30. The Bertz CT molecular complexity index is 380. The maximum absolute atomic E-state index is 11.6. The van der Waals surface area contributed by atoms with Gasteiger partial charge >= 0.3 is 5.97 Å². The number of carbonyl (C=O) groups is 1. The monoisotopic (exact) mass is 221 g/mol. The lowest BCUT2D eigenvalue weighted by Crippen LogP contribution is -2.28. The predicted molar refractivity (Wildman–Crippen MR) is 64.2 cm³/mol. The van der Waals surface area contributed by atoms with Gasteiger partial charge in [0.15, 0.2) is 0 Å². The Balaban J connectivity index is 3.18. The van der Waals surface area contributed by atoms with E-state index in [1.807, 2.05) is 39.0 Å². The Kier molecular flexibility index (Phi) is 3.70. The van der Waals surface area contributed by atoms with E-state index >= 15 is 0 Å². The van der Waals surface area contributed by atoms with E-state index in [-0.39, 0.29) is 17.4 Å². The van der Waals surface area contributed by atoms with Gasteiger partial charge in [-0.05, 0) is 17.0 Å². The van der Waals surface area contributed by atoms with Gasteiger partial charge in [-0.15, -0.1) is 0 Å². The van der Waals surface area contributed by atoms with Crippen LogP contribution in [0.15, 0.2) is 24.3 Å². The molecule has 0 radical (unpaired) electrons. The molecule has 1 aromatic carbocycles. The van der Waals surface area contributed by atoms with Crippen LogP contribution in [0.3, 0.4) is 0 Å². The lowest BCUT2D eigenvalue weighted by molar-refractivity contribution is 0.0598. The standard InChI is InChI=1S/C13H19NO2/c1-13(2,3)11(14)9-7-5-6-8-10(9)12(15)16-4/h5-8,11H,14H2,1-4H3/t11-/m0/s1. The van der Waals surface area contributed by atoms with E-state index in [0.29, 0.717) is 5.56 Å². The molecular weight excluding hydrogens is 202 g/mol. The van der Waals surface area contributed by atoms with E-state index in [1.165, 1.54) is 7.11 Å². The Morgan fingerprint density at radius 3 is 2.38 bits per heavy atom. The normalized spacial score (nSPS) is 13.3. The van der Waals surface area contributed by atoms with Crippen molar-refractivity contribution in [1.29, 1.82) is 0 Å². The van der Waals surface area contributed by atoms with E-state index in [2.05, 4.69) is 0 Å². The Morgan fingerprint density at radius 2 is 1.88 bits per heavy atom. The molecule has 0 bridgehead atoms. The van der Waals surface area contributed by atoms with Crippen LogP contribution in [0.5, 0.6) is 0 Å². The molecule has 1 aromatic rings. The summed E-state index contributed by atoms with van der Waals surface area (Å²) in [5.41, 5.74) is 7.45. The van der Waals surface area contributed by atoms with Gasteiger partial charge in [-0.25, -0.2) is 4.79 Å². The van der Waals surface area contributed by atoms with Gasteiger partial charge in [0.25, 0.3) is 0 Å². The van der Waals surface area contributed by atoms with Crippen LogP contribution in [-0.4, -0.2) is 13.1 Å². The highest BCUT2D eigenvalue weighted by Crippen LogP contribution is 2.32. The number of rotatable bonds is 2. The largest absolute Gasteiger partial charge is 0.465 e. The Hall–Kier alpha value is -1.35. The fourth-order valence-corrected chi connectivity index (χ4v) is 1.53. The topological polar surface area (TPSA) is 52.3 Å². The molecule has 0 aliphatic carbocycles. The molecule has 3 heteroatoms. The van der Waals surface area contributed by atoms with E-state index in [1.54, 1.807) is 6.07 Å². The van der Waals surface area contributed by atoms with Crippen LogP contribution < -0.4 is 5.73 Å². The fourth-order valence-electron chi connectivity index (χ4n) is 1.53. The number of benzene rings is 1. The third-order valence-electron chi connectivity index (χ3n) is 2.63. The first kappa shape index (κ1) is 12.7. The maximum Gasteiger partial charge on any atom is 0.338 e. The highest BCUT2D eigenvalue weighted by atomic mass is 16.5. The minimum absolute atomic E-state index is 0.0931. The molecule has 0 heterocycles. The second-order valence-corrected chi connectivity index (χ2v) is 4.92. The van der Waals surface area contributed by atoms with Crippen molar-refractivity contribution in [1.82, 2.24) is 0 Å². The summed E-state index contributed by atoms with van der Waals surface area (Å²) in [5.74, 6) is -0.338. The first-order valence-electron chi connectivity index (χ1n) is 5.30. The van der Waals surface area contributed by atoms with Crippen LogP contribution in [0.2, 0.25) is 0 Å². The smallest absolute Gasteiger partial charge is 0.338 e. The molecular formula is C13H19NO2. The Morgan fingerprint density at radius 1 is 1.31 bits per heavy atom. The van der Waals surface area contributed by atoms with Crippen LogP contribution in [0, 0.1) is 5.41 Å². The van der Waals surface area contributed by atoms with Gasteiger partial charge in [0.2, 0.25) is 0 Å². The summed E-state index contributed by atoms with van der Waals surface area (Å²) in [5, 5.41) is 0. The van der Waals surface area contributed by atoms with E-state index in [9.17, 15) is 4.79 Å². The van der Waals surface area contributed by atoms with Crippen molar-refractivity contribution < 1.29 is 9.53 Å². The lowest BCUT2D eigenvalue weighted by atomic mass is 9.81. The zero-order chi connectivity index (χ0) is 12.3. The molecule has 0 amide bonds. The zero-order valence-electron chi connectivity index (χ0n) is 10.3. The quantitative estimate of drug-likeness (QED) is 0.781. The Labute approximate surface area is 96.6 Å². The summed E-state index contributed by atoms with van der Waals surface area (Å²) < 4.78 is 4.75. The summed E-state index contributed by atoms with van der Waals surface area (Å²) in [4.78, 5) is 11.6. The number of methoxy groups -OCH3 is 1. The zero-order valence-corrected chi connectivity index (χ0v) is 10.3. The van der Waals surface area contributed by atoms with Gasteiger partial charge in [0.05, 0.1) is 12.7 Å².